The Labute approximate surface area is 113 Å². The van der Waals surface area contributed by atoms with E-state index in [1.807, 2.05) is 13.0 Å². The molecule has 3 N–H and O–H groups in total. The van der Waals surface area contributed by atoms with Crippen molar-refractivity contribution in [3.05, 3.63) is 10.9 Å². The fourth-order valence-electron chi connectivity index (χ4n) is 1.78. The highest BCUT2D eigenvalue weighted by atomic mass is 32.1. The Morgan fingerprint density at radius 3 is 2.67 bits per heavy atom. The second-order valence-electron chi connectivity index (χ2n) is 4.66. The number of nitrogens with two attached hydrogens (primary N) is 1. The minimum atomic E-state index is -0.0770. The summed E-state index contributed by atoms with van der Waals surface area (Å²) in [5, 5.41) is 3.86. The number of rotatable bonds is 6. The van der Waals surface area contributed by atoms with Crippen molar-refractivity contribution in [3.63, 3.8) is 0 Å². The molecule has 1 amide bonds. The molecule has 5 heteroatoms. The van der Waals surface area contributed by atoms with Crippen molar-refractivity contribution >= 4 is 27.9 Å². The molecule has 0 saturated heterocycles. The van der Waals surface area contributed by atoms with Gasteiger partial charge in [0.25, 0.3) is 5.91 Å². The van der Waals surface area contributed by atoms with Crippen LogP contribution in [0.15, 0.2) is 6.07 Å². The van der Waals surface area contributed by atoms with Gasteiger partial charge in [0.05, 0.1) is 10.7 Å². The molecule has 0 spiro atoms. The van der Waals surface area contributed by atoms with Crippen LogP contribution in [0.3, 0.4) is 0 Å². The Hall–Kier alpha value is -1.23. The molecule has 0 radical (unpaired) electrons. The lowest BCUT2D eigenvalue weighted by Crippen LogP contribution is -2.26. The van der Waals surface area contributed by atoms with Gasteiger partial charge in [0.2, 0.25) is 0 Å². The number of nitrogens with one attached hydrogen (secondary N) is 1. The first-order chi connectivity index (χ1) is 8.49. The molecule has 1 aromatic heterocycles. The summed E-state index contributed by atoms with van der Waals surface area (Å²) in [5.74, 6) is 0.507. The summed E-state index contributed by atoms with van der Waals surface area (Å²) in [5.41, 5.74) is 6.49. The second kappa shape index (κ2) is 6.64. The van der Waals surface area contributed by atoms with Crippen LogP contribution < -0.4 is 16.0 Å². The molecule has 0 saturated carbocycles. The molecule has 1 heterocycles. The SMILES string of the molecule is CCNC(=O)c1sc(N(CC)CC(C)C)cc1N. The van der Waals surface area contributed by atoms with Crippen LogP contribution in [0.2, 0.25) is 0 Å². The van der Waals surface area contributed by atoms with E-state index in [1.54, 1.807) is 0 Å². The molecule has 18 heavy (non-hydrogen) atoms. The zero-order valence-corrected chi connectivity index (χ0v) is 12.4. The van der Waals surface area contributed by atoms with Crippen molar-refractivity contribution < 1.29 is 4.79 Å². The third-order valence-corrected chi connectivity index (χ3v) is 3.78. The van der Waals surface area contributed by atoms with E-state index in [4.69, 9.17) is 5.73 Å². The lowest BCUT2D eigenvalue weighted by Gasteiger charge is -2.23. The van der Waals surface area contributed by atoms with Crippen molar-refractivity contribution in [2.24, 2.45) is 5.92 Å². The van der Waals surface area contributed by atoms with Crippen LogP contribution in [-0.4, -0.2) is 25.5 Å². The first kappa shape index (κ1) is 14.8. The second-order valence-corrected chi connectivity index (χ2v) is 5.69. The Morgan fingerprint density at radius 1 is 1.50 bits per heavy atom. The average Bonchev–Trinajstić information content (AvgIpc) is 2.68. The summed E-state index contributed by atoms with van der Waals surface area (Å²) < 4.78 is 0. The third kappa shape index (κ3) is 3.63. The standard InChI is InChI=1S/C13H23N3OS/c1-5-15-13(17)12-10(14)7-11(18-12)16(6-2)8-9(3)4/h7,9H,5-6,8,14H2,1-4H3,(H,15,17). The zero-order chi connectivity index (χ0) is 13.7. The number of nitrogen functional groups attached to an aromatic ring is 1. The van der Waals surface area contributed by atoms with Crippen LogP contribution in [-0.2, 0) is 0 Å². The van der Waals surface area contributed by atoms with Crippen LogP contribution in [0.1, 0.15) is 37.4 Å². The molecule has 0 bridgehead atoms. The third-order valence-electron chi connectivity index (χ3n) is 2.57. The van der Waals surface area contributed by atoms with E-state index in [0.717, 1.165) is 18.1 Å². The predicted octanol–water partition coefficient (Wildman–Crippen LogP) is 2.56. The number of hydrogen-bond acceptors (Lipinski definition) is 4. The first-order valence-electron chi connectivity index (χ1n) is 6.42. The van der Waals surface area contributed by atoms with Crippen LogP contribution in [0.4, 0.5) is 10.7 Å². The number of hydrogen-bond donors (Lipinski definition) is 2. The molecule has 0 aliphatic rings. The van der Waals surface area contributed by atoms with Crippen molar-refractivity contribution in [1.82, 2.24) is 5.32 Å². The van der Waals surface area contributed by atoms with Gasteiger partial charge < -0.3 is 16.0 Å². The van der Waals surface area contributed by atoms with Gasteiger partial charge in [-0.15, -0.1) is 11.3 Å². The van der Waals surface area contributed by atoms with Crippen molar-refractivity contribution in [3.8, 4) is 0 Å². The van der Waals surface area contributed by atoms with Gasteiger partial charge >= 0.3 is 0 Å². The number of nitrogens with zero attached hydrogens (tertiary/aromatic N) is 1. The molecule has 0 fully saturated rings. The van der Waals surface area contributed by atoms with Gasteiger partial charge in [0.15, 0.2) is 0 Å². The fraction of sp³-hybridized carbons (Fsp3) is 0.615. The van der Waals surface area contributed by atoms with Gasteiger partial charge in [-0.1, -0.05) is 13.8 Å². The highest BCUT2D eigenvalue weighted by Gasteiger charge is 2.17. The predicted molar refractivity (Wildman–Crippen MR) is 79.5 cm³/mol. The van der Waals surface area contributed by atoms with E-state index in [-0.39, 0.29) is 5.91 Å². The molecule has 1 rings (SSSR count). The normalized spacial score (nSPS) is 10.7. The van der Waals surface area contributed by atoms with Crippen LogP contribution in [0, 0.1) is 5.92 Å². The Balaban J connectivity index is 2.91. The average molecular weight is 269 g/mol. The summed E-state index contributed by atoms with van der Waals surface area (Å²) in [4.78, 5) is 14.7. The molecule has 0 aromatic carbocycles. The van der Waals surface area contributed by atoms with Gasteiger partial charge in [-0.05, 0) is 25.8 Å². The molecular formula is C13H23N3OS. The maximum atomic E-state index is 11.8. The summed E-state index contributed by atoms with van der Waals surface area (Å²) >= 11 is 1.47. The molecular weight excluding hydrogens is 246 g/mol. The van der Waals surface area contributed by atoms with Crippen LogP contribution >= 0.6 is 11.3 Å². The van der Waals surface area contributed by atoms with E-state index in [1.165, 1.54) is 11.3 Å². The molecule has 0 unspecified atom stereocenters. The minimum absolute atomic E-state index is 0.0770. The quantitative estimate of drug-likeness (QED) is 0.834. The maximum absolute atomic E-state index is 11.8. The maximum Gasteiger partial charge on any atom is 0.263 e. The summed E-state index contributed by atoms with van der Waals surface area (Å²) in [6.07, 6.45) is 0. The van der Waals surface area contributed by atoms with Gasteiger partial charge in [-0.25, -0.2) is 0 Å². The Kier molecular flexibility index (Phi) is 5.47. The number of carbonyl (C=O) groups excluding carboxylic acids is 1. The van der Waals surface area contributed by atoms with Crippen LogP contribution in [0.25, 0.3) is 0 Å². The molecule has 0 aliphatic heterocycles. The number of anilines is 2. The van der Waals surface area contributed by atoms with Gasteiger partial charge in [-0.2, -0.15) is 0 Å². The minimum Gasteiger partial charge on any atom is -0.397 e. The van der Waals surface area contributed by atoms with Gasteiger partial charge in [0, 0.05) is 19.6 Å². The van der Waals surface area contributed by atoms with E-state index in [0.29, 0.717) is 23.0 Å². The molecule has 0 aliphatic carbocycles. The fourth-order valence-corrected chi connectivity index (χ4v) is 2.85. The number of amides is 1. The number of carbonyl (C=O) groups is 1. The first-order valence-corrected chi connectivity index (χ1v) is 7.23. The molecule has 4 nitrogen and oxygen atoms in total. The van der Waals surface area contributed by atoms with E-state index < -0.39 is 0 Å². The lowest BCUT2D eigenvalue weighted by atomic mass is 10.2. The monoisotopic (exact) mass is 269 g/mol. The van der Waals surface area contributed by atoms with Crippen LogP contribution in [0.5, 0.6) is 0 Å². The lowest BCUT2D eigenvalue weighted by molar-refractivity contribution is 0.0960. The molecule has 1 aromatic rings. The van der Waals surface area contributed by atoms with E-state index in [2.05, 4.69) is 31.0 Å². The molecule has 0 atom stereocenters. The molecule has 102 valence electrons. The van der Waals surface area contributed by atoms with Gasteiger partial charge in [0.1, 0.15) is 4.88 Å². The van der Waals surface area contributed by atoms with Crippen molar-refractivity contribution in [2.75, 3.05) is 30.3 Å². The highest BCUT2D eigenvalue weighted by molar-refractivity contribution is 7.18. The van der Waals surface area contributed by atoms with E-state index >= 15 is 0 Å². The zero-order valence-electron chi connectivity index (χ0n) is 11.6. The highest BCUT2D eigenvalue weighted by Crippen LogP contribution is 2.32. The number of thiophene rings is 1. The van der Waals surface area contributed by atoms with Crippen molar-refractivity contribution in [2.45, 2.75) is 27.7 Å². The van der Waals surface area contributed by atoms with Gasteiger partial charge in [-0.3, -0.25) is 4.79 Å². The topological polar surface area (TPSA) is 58.4 Å². The summed E-state index contributed by atoms with van der Waals surface area (Å²) in [6.45, 7) is 10.9. The Bertz CT molecular complexity index is 401. The largest absolute Gasteiger partial charge is 0.397 e. The summed E-state index contributed by atoms with van der Waals surface area (Å²) in [6, 6.07) is 1.90. The Morgan fingerprint density at radius 2 is 2.17 bits per heavy atom. The van der Waals surface area contributed by atoms with Crippen molar-refractivity contribution in [1.29, 1.82) is 0 Å². The smallest absolute Gasteiger partial charge is 0.263 e. The summed E-state index contributed by atoms with van der Waals surface area (Å²) in [7, 11) is 0. The van der Waals surface area contributed by atoms with E-state index in [9.17, 15) is 4.79 Å².